The zero-order valence-electron chi connectivity index (χ0n) is 21.4. The van der Waals surface area contributed by atoms with E-state index in [-0.39, 0.29) is 11.9 Å². The third-order valence-corrected chi connectivity index (χ3v) is 7.09. The highest BCUT2D eigenvalue weighted by molar-refractivity contribution is 6.05. The highest BCUT2D eigenvalue weighted by Gasteiger charge is 2.23. The van der Waals surface area contributed by atoms with Crippen LogP contribution in [0.3, 0.4) is 0 Å². The van der Waals surface area contributed by atoms with E-state index in [4.69, 9.17) is 10.5 Å². The minimum absolute atomic E-state index is 0.190. The summed E-state index contributed by atoms with van der Waals surface area (Å²) in [7, 11) is 2.15. The summed E-state index contributed by atoms with van der Waals surface area (Å²) in [6.45, 7) is 6.94. The molecule has 0 bridgehead atoms. The summed E-state index contributed by atoms with van der Waals surface area (Å²) in [4.78, 5) is 30.8. The van der Waals surface area contributed by atoms with Crippen LogP contribution in [-0.2, 0) is 4.74 Å². The summed E-state index contributed by atoms with van der Waals surface area (Å²) in [6, 6.07) is 9.35. The van der Waals surface area contributed by atoms with Crippen molar-refractivity contribution in [2.24, 2.45) is 0 Å². The van der Waals surface area contributed by atoms with Crippen molar-refractivity contribution in [2.75, 3.05) is 67.7 Å². The summed E-state index contributed by atoms with van der Waals surface area (Å²) < 4.78 is 5.42. The van der Waals surface area contributed by atoms with Gasteiger partial charge in [-0.2, -0.15) is 4.98 Å². The van der Waals surface area contributed by atoms with E-state index in [0.29, 0.717) is 30.4 Å². The normalized spacial score (nSPS) is 17.0. The largest absolute Gasteiger partial charge is 0.378 e. The van der Waals surface area contributed by atoms with E-state index in [1.807, 2.05) is 37.4 Å². The molecule has 0 radical (unpaired) electrons. The van der Waals surface area contributed by atoms with Crippen LogP contribution in [0.2, 0.25) is 0 Å². The molecule has 0 aliphatic carbocycles. The lowest BCUT2D eigenvalue weighted by molar-refractivity contribution is 0.102. The van der Waals surface area contributed by atoms with E-state index in [0.717, 1.165) is 67.5 Å². The average molecular weight is 503 g/mol. The molecule has 0 saturated carbocycles. The molecule has 2 aliphatic rings. The number of rotatable bonds is 6. The van der Waals surface area contributed by atoms with Gasteiger partial charge in [0, 0.05) is 48.0 Å². The predicted molar refractivity (Wildman–Crippen MR) is 146 cm³/mol. The van der Waals surface area contributed by atoms with Crippen molar-refractivity contribution >= 4 is 34.9 Å². The fraction of sp³-hybridized carbons (Fsp3) is 0.407. The number of pyridine rings is 1. The van der Waals surface area contributed by atoms with Gasteiger partial charge in [-0.3, -0.25) is 4.79 Å². The highest BCUT2D eigenvalue weighted by atomic mass is 16.5. The Morgan fingerprint density at radius 1 is 1.08 bits per heavy atom. The van der Waals surface area contributed by atoms with Gasteiger partial charge in [-0.1, -0.05) is 6.07 Å². The minimum atomic E-state index is -0.190. The van der Waals surface area contributed by atoms with Crippen molar-refractivity contribution < 1.29 is 9.53 Å². The Hall–Kier alpha value is -3.76. The number of piperidine rings is 1. The minimum Gasteiger partial charge on any atom is -0.378 e. The van der Waals surface area contributed by atoms with Crippen LogP contribution in [0, 0.1) is 6.92 Å². The number of carbonyl (C=O) groups excluding carboxylic acids is 1. The molecule has 10 nitrogen and oxygen atoms in total. The Labute approximate surface area is 217 Å². The Kier molecular flexibility index (Phi) is 7.47. The topological polar surface area (TPSA) is 122 Å². The number of ether oxygens (including phenoxy) is 1. The standard InChI is InChI=1S/C27H34N8O2/c1-18-3-4-21(31-26(36)20-5-8-29-24(15-20)35-11-13-37-14-12-35)16-23(18)32-25-22(17-30-27(28)33-25)19-6-9-34(2)10-7-19/h3-5,8,15-17,19H,6-7,9-14H2,1-2H3,(H,31,36)(H3,28,30,32,33). The molecule has 194 valence electrons. The fourth-order valence-corrected chi connectivity index (χ4v) is 4.81. The van der Waals surface area contributed by atoms with Gasteiger partial charge in [-0.25, -0.2) is 9.97 Å². The van der Waals surface area contributed by atoms with Gasteiger partial charge >= 0.3 is 0 Å². The molecule has 10 heteroatoms. The second-order valence-corrected chi connectivity index (χ2v) is 9.72. The molecule has 2 aromatic heterocycles. The molecule has 4 N–H and O–H groups in total. The summed E-state index contributed by atoms with van der Waals surface area (Å²) in [6.07, 6.45) is 5.61. The average Bonchev–Trinajstić information content (AvgIpc) is 2.92. The quantitative estimate of drug-likeness (QED) is 0.465. The molecule has 37 heavy (non-hydrogen) atoms. The third kappa shape index (κ3) is 5.98. The molecule has 2 saturated heterocycles. The molecule has 5 rings (SSSR count). The maximum atomic E-state index is 13.1. The Morgan fingerprint density at radius 3 is 2.65 bits per heavy atom. The summed E-state index contributed by atoms with van der Waals surface area (Å²) in [5.41, 5.74) is 10.2. The van der Waals surface area contributed by atoms with Gasteiger partial charge in [-0.15, -0.1) is 0 Å². The number of nitrogens with zero attached hydrogens (tertiary/aromatic N) is 5. The van der Waals surface area contributed by atoms with Gasteiger partial charge in [0.2, 0.25) is 5.95 Å². The third-order valence-electron chi connectivity index (χ3n) is 7.09. The van der Waals surface area contributed by atoms with Crippen LogP contribution in [0.1, 0.15) is 40.2 Å². The number of benzene rings is 1. The van der Waals surface area contributed by atoms with E-state index >= 15 is 0 Å². The van der Waals surface area contributed by atoms with E-state index in [1.54, 1.807) is 12.3 Å². The van der Waals surface area contributed by atoms with Gasteiger partial charge in [0.25, 0.3) is 5.91 Å². The molecule has 1 amide bonds. The SMILES string of the molecule is Cc1ccc(NC(=O)c2ccnc(N3CCOCC3)c2)cc1Nc1nc(N)ncc1C1CCN(C)CC1. The van der Waals surface area contributed by atoms with Crippen LogP contribution in [0.25, 0.3) is 0 Å². The number of aromatic nitrogens is 3. The van der Waals surface area contributed by atoms with Gasteiger partial charge < -0.3 is 30.9 Å². The Bertz CT molecular complexity index is 1250. The number of amides is 1. The van der Waals surface area contributed by atoms with Crippen molar-refractivity contribution in [3.63, 3.8) is 0 Å². The maximum absolute atomic E-state index is 13.1. The first-order valence-corrected chi connectivity index (χ1v) is 12.7. The smallest absolute Gasteiger partial charge is 0.255 e. The molecule has 0 unspecified atom stereocenters. The molecule has 2 aliphatic heterocycles. The summed E-state index contributed by atoms with van der Waals surface area (Å²) in [5, 5.41) is 6.49. The molecular formula is C27H34N8O2. The number of morpholine rings is 1. The van der Waals surface area contributed by atoms with E-state index in [1.165, 1.54) is 0 Å². The maximum Gasteiger partial charge on any atom is 0.255 e. The van der Waals surface area contributed by atoms with E-state index in [9.17, 15) is 4.79 Å². The number of nitrogen functional groups attached to an aromatic ring is 1. The number of nitrogens with two attached hydrogens (primary N) is 1. The van der Waals surface area contributed by atoms with Crippen LogP contribution in [-0.4, -0.2) is 72.2 Å². The molecule has 1 aromatic carbocycles. The lowest BCUT2D eigenvalue weighted by atomic mass is 9.90. The Balaban J connectivity index is 1.33. The molecular weight excluding hydrogens is 468 g/mol. The first-order valence-electron chi connectivity index (χ1n) is 12.7. The molecule has 0 atom stereocenters. The van der Waals surface area contributed by atoms with Gasteiger partial charge in [0.1, 0.15) is 11.6 Å². The molecule has 2 fully saturated rings. The number of hydrogen-bond donors (Lipinski definition) is 3. The van der Waals surface area contributed by atoms with Crippen molar-refractivity contribution in [3.8, 4) is 0 Å². The predicted octanol–water partition coefficient (Wildman–Crippen LogP) is 3.40. The first-order chi connectivity index (χ1) is 18.0. The Morgan fingerprint density at radius 2 is 1.86 bits per heavy atom. The number of carbonyl (C=O) groups is 1. The lowest BCUT2D eigenvalue weighted by Crippen LogP contribution is -2.36. The lowest BCUT2D eigenvalue weighted by Gasteiger charge is -2.30. The number of hydrogen-bond acceptors (Lipinski definition) is 9. The highest BCUT2D eigenvalue weighted by Crippen LogP contribution is 2.34. The van der Waals surface area contributed by atoms with Crippen LogP contribution in [0.15, 0.2) is 42.7 Å². The van der Waals surface area contributed by atoms with Crippen LogP contribution in [0.4, 0.5) is 29.0 Å². The summed E-state index contributed by atoms with van der Waals surface area (Å²) >= 11 is 0. The fourth-order valence-electron chi connectivity index (χ4n) is 4.81. The second-order valence-electron chi connectivity index (χ2n) is 9.72. The number of aryl methyl sites for hydroxylation is 1. The van der Waals surface area contributed by atoms with E-state index < -0.39 is 0 Å². The van der Waals surface area contributed by atoms with E-state index in [2.05, 4.69) is 42.4 Å². The zero-order chi connectivity index (χ0) is 25.8. The van der Waals surface area contributed by atoms with Gasteiger partial charge in [-0.05, 0) is 75.6 Å². The molecule has 4 heterocycles. The molecule has 0 spiro atoms. The zero-order valence-corrected chi connectivity index (χ0v) is 21.4. The van der Waals surface area contributed by atoms with Crippen LogP contribution in [0.5, 0.6) is 0 Å². The van der Waals surface area contributed by atoms with Crippen molar-refractivity contribution in [1.29, 1.82) is 0 Å². The van der Waals surface area contributed by atoms with Crippen molar-refractivity contribution in [1.82, 2.24) is 19.9 Å². The van der Waals surface area contributed by atoms with Gasteiger partial charge in [0.15, 0.2) is 0 Å². The van der Waals surface area contributed by atoms with Crippen LogP contribution < -0.4 is 21.3 Å². The van der Waals surface area contributed by atoms with Crippen molar-refractivity contribution in [3.05, 3.63) is 59.4 Å². The second kappa shape index (κ2) is 11.1. The van der Waals surface area contributed by atoms with Crippen molar-refractivity contribution in [2.45, 2.75) is 25.7 Å². The number of likely N-dealkylation sites (tertiary alicyclic amines) is 1. The first kappa shape index (κ1) is 24.9. The number of nitrogens with one attached hydrogen (secondary N) is 2. The van der Waals surface area contributed by atoms with Crippen LogP contribution >= 0.6 is 0 Å². The summed E-state index contributed by atoms with van der Waals surface area (Å²) in [5.74, 6) is 1.91. The number of anilines is 5. The molecule has 3 aromatic rings. The monoisotopic (exact) mass is 502 g/mol. The van der Waals surface area contributed by atoms with Gasteiger partial charge in [0.05, 0.1) is 13.2 Å².